The maximum absolute atomic E-state index is 6.45. The van der Waals surface area contributed by atoms with Gasteiger partial charge in [0.05, 0.1) is 0 Å². The number of nitrogens with two attached hydrogens (primary N) is 1. The quantitative estimate of drug-likeness (QED) is 0.921. The van der Waals surface area contributed by atoms with E-state index < -0.39 is 0 Å². The molecule has 20 heavy (non-hydrogen) atoms. The minimum atomic E-state index is 0.315. The first-order valence-electron chi connectivity index (χ1n) is 6.84. The van der Waals surface area contributed by atoms with Crippen molar-refractivity contribution in [3.05, 3.63) is 34.9 Å². The lowest BCUT2D eigenvalue weighted by Gasteiger charge is -2.29. The van der Waals surface area contributed by atoms with Gasteiger partial charge in [-0.15, -0.1) is 0 Å². The average Bonchev–Trinajstić information content (AvgIpc) is 2.87. The standard InChI is InChI=1S/C15H18ClN3O/c1-19-6-4-10(5-7-19)12-3-2-11(8-13(12)16)14-9-15(17)20-18-14/h2-3,8-10H,4-7,17H2,1H3. The van der Waals surface area contributed by atoms with Crippen LogP contribution in [0, 0.1) is 0 Å². The molecule has 2 aromatic rings. The molecule has 0 bridgehead atoms. The topological polar surface area (TPSA) is 55.3 Å². The van der Waals surface area contributed by atoms with Crippen molar-refractivity contribution in [2.75, 3.05) is 25.9 Å². The highest BCUT2D eigenvalue weighted by atomic mass is 35.5. The van der Waals surface area contributed by atoms with E-state index in [4.69, 9.17) is 21.9 Å². The van der Waals surface area contributed by atoms with E-state index in [2.05, 4.69) is 23.2 Å². The van der Waals surface area contributed by atoms with Crippen LogP contribution in [0.25, 0.3) is 11.3 Å². The third-order valence-electron chi connectivity index (χ3n) is 3.98. The Hall–Kier alpha value is -1.52. The van der Waals surface area contributed by atoms with Crippen LogP contribution in [0.15, 0.2) is 28.8 Å². The van der Waals surface area contributed by atoms with Crippen LogP contribution in [-0.4, -0.2) is 30.2 Å². The summed E-state index contributed by atoms with van der Waals surface area (Å²) in [5.41, 5.74) is 8.44. The van der Waals surface area contributed by atoms with Gasteiger partial charge in [0.25, 0.3) is 0 Å². The Labute approximate surface area is 123 Å². The number of hydrogen-bond donors (Lipinski definition) is 1. The lowest BCUT2D eigenvalue weighted by atomic mass is 9.89. The number of piperidine rings is 1. The Bertz CT molecular complexity index is 603. The number of benzene rings is 1. The highest BCUT2D eigenvalue weighted by Crippen LogP contribution is 2.35. The fraction of sp³-hybridized carbons (Fsp3) is 0.400. The van der Waals surface area contributed by atoms with E-state index in [-0.39, 0.29) is 0 Å². The minimum Gasteiger partial charge on any atom is -0.368 e. The molecule has 0 aliphatic carbocycles. The van der Waals surface area contributed by atoms with Gasteiger partial charge in [-0.1, -0.05) is 28.9 Å². The number of likely N-dealkylation sites (tertiary alicyclic amines) is 1. The normalized spacial score (nSPS) is 17.5. The summed E-state index contributed by atoms with van der Waals surface area (Å²) in [6.45, 7) is 2.26. The van der Waals surface area contributed by atoms with Gasteiger partial charge in [0.15, 0.2) is 0 Å². The zero-order valence-electron chi connectivity index (χ0n) is 11.5. The van der Waals surface area contributed by atoms with Gasteiger partial charge in [0.1, 0.15) is 5.69 Å². The number of nitrogens with zero attached hydrogens (tertiary/aromatic N) is 2. The van der Waals surface area contributed by atoms with Crippen LogP contribution >= 0.6 is 11.6 Å². The van der Waals surface area contributed by atoms with Crippen LogP contribution in [0.3, 0.4) is 0 Å². The van der Waals surface area contributed by atoms with Gasteiger partial charge in [-0.3, -0.25) is 0 Å². The second-order valence-electron chi connectivity index (χ2n) is 5.43. The summed E-state index contributed by atoms with van der Waals surface area (Å²) in [6.07, 6.45) is 2.32. The van der Waals surface area contributed by atoms with Crippen molar-refractivity contribution in [3.63, 3.8) is 0 Å². The molecule has 1 fully saturated rings. The van der Waals surface area contributed by atoms with Crippen molar-refractivity contribution in [1.29, 1.82) is 0 Å². The molecule has 1 aliphatic heterocycles. The zero-order chi connectivity index (χ0) is 14.1. The van der Waals surface area contributed by atoms with Gasteiger partial charge >= 0.3 is 0 Å². The van der Waals surface area contributed by atoms with Crippen LogP contribution in [0.4, 0.5) is 5.88 Å². The molecule has 0 saturated carbocycles. The summed E-state index contributed by atoms with van der Waals surface area (Å²) < 4.78 is 4.90. The summed E-state index contributed by atoms with van der Waals surface area (Å²) in [5, 5.41) is 4.72. The van der Waals surface area contributed by atoms with Crippen molar-refractivity contribution >= 4 is 17.5 Å². The van der Waals surface area contributed by atoms with Crippen molar-refractivity contribution in [2.24, 2.45) is 0 Å². The Kier molecular flexibility index (Phi) is 3.68. The van der Waals surface area contributed by atoms with Crippen LogP contribution in [0.1, 0.15) is 24.3 Å². The van der Waals surface area contributed by atoms with Crippen LogP contribution in [-0.2, 0) is 0 Å². The van der Waals surface area contributed by atoms with Crippen LogP contribution < -0.4 is 5.73 Å². The molecule has 3 rings (SSSR count). The van der Waals surface area contributed by atoms with E-state index in [0.717, 1.165) is 42.2 Å². The zero-order valence-corrected chi connectivity index (χ0v) is 12.2. The van der Waals surface area contributed by atoms with Gasteiger partial charge in [0, 0.05) is 16.7 Å². The first-order chi connectivity index (χ1) is 9.63. The number of halogens is 1. The van der Waals surface area contributed by atoms with E-state index in [1.54, 1.807) is 6.07 Å². The van der Waals surface area contributed by atoms with Gasteiger partial charge in [-0.05, 0) is 50.5 Å². The molecule has 0 amide bonds. The predicted molar refractivity (Wildman–Crippen MR) is 80.8 cm³/mol. The Morgan fingerprint density at radius 2 is 2.05 bits per heavy atom. The first kappa shape index (κ1) is 13.5. The van der Waals surface area contributed by atoms with Gasteiger partial charge in [0.2, 0.25) is 5.88 Å². The lowest BCUT2D eigenvalue weighted by Crippen LogP contribution is -2.29. The number of hydrogen-bond acceptors (Lipinski definition) is 4. The summed E-state index contributed by atoms with van der Waals surface area (Å²) in [6, 6.07) is 7.81. The molecule has 1 aromatic carbocycles. The second-order valence-corrected chi connectivity index (χ2v) is 5.84. The number of rotatable bonds is 2. The molecule has 0 unspecified atom stereocenters. The fourth-order valence-corrected chi connectivity index (χ4v) is 3.10. The molecule has 5 heteroatoms. The SMILES string of the molecule is CN1CCC(c2ccc(-c3cc(N)on3)cc2Cl)CC1. The first-order valence-corrected chi connectivity index (χ1v) is 7.22. The number of aromatic nitrogens is 1. The van der Waals surface area contributed by atoms with Crippen molar-refractivity contribution in [3.8, 4) is 11.3 Å². The molecule has 2 N–H and O–H groups in total. The average molecular weight is 292 g/mol. The third-order valence-corrected chi connectivity index (χ3v) is 4.31. The monoisotopic (exact) mass is 291 g/mol. The van der Waals surface area contributed by atoms with Gasteiger partial charge in [-0.25, -0.2) is 0 Å². The molecule has 0 atom stereocenters. The molecule has 1 aliphatic rings. The van der Waals surface area contributed by atoms with Crippen LogP contribution in [0.2, 0.25) is 5.02 Å². The van der Waals surface area contributed by atoms with E-state index >= 15 is 0 Å². The summed E-state index contributed by atoms with van der Waals surface area (Å²) in [4.78, 5) is 2.36. The summed E-state index contributed by atoms with van der Waals surface area (Å²) in [5.74, 6) is 0.866. The predicted octanol–water partition coefficient (Wildman–Crippen LogP) is 3.39. The Balaban J connectivity index is 1.84. The fourth-order valence-electron chi connectivity index (χ4n) is 2.76. The highest BCUT2D eigenvalue weighted by Gasteiger charge is 2.20. The molecular weight excluding hydrogens is 274 g/mol. The third kappa shape index (κ3) is 2.67. The maximum atomic E-state index is 6.45. The second kappa shape index (κ2) is 5.46. The van der Waals surface area contributed by atoms with Crippen molar-refractivity contribution in [1.82, 2.24) is 10.1 Å². The molecule has 1 aromatic heterocycles. The molecule has 0 spiro atoms. The summed E-state index contributed by atoms with van der Waals surface area (Å²) >= 11 is 6.45. The van der Waals surface area contributed by atoms with Crippen molar-refractivity contribution < 1.29 is 4.52 Å². The Morgan fingerprint density at radius 1 is 1.30 bits per heavy atom. The number of anilines is 1. The molecule has 2 heterocycles. The molecule has 4 nitrogen and oxygen atoms in total. The Morgan fingerprint density at radius 3 is 2.65 bits per heavy atom. The molecule has 106 valence electrons. The summed E-state index contributed by atoms with van der Waals surface area (Å²) in [7, 11) is 2.16. The maximum Gasteiger partial charge on any atom is 0.222 e. The molecule has 0 radical (unpaired) electrons. The van der Waals surface area contributed by atoms with E-state index in [0.29, 0.717) is 11.8 Å². The molecular formula is C15H18ClN3O. The lowest BCUT2D eigenvalue weighted by molar-refractivity contribution is 0.255. The highest BCUT2D eigenvalue weighted by molar-refractivity contribution is 6.31. The van der Waals surface area contributed by atoms with Crippen LogP contribution in [0.5, 0.6) is 0 Å². The van der Waals surface area contributed by atoms with E-state index in [1.807, 2.05) is 12.1 Å². The molecule has 1 saturated heterocycles. The van der Waals surface area contributed by atoms with Gasteiger partial charge in [-0.2, -0.15) is 0 Å². The van der Waals surface area contributed by atoms with E-state index in [9.17, 15) is 0 Å². The largest absolute Gasteiger partial charge is 0.368 e. The van der Waals surface area contributed by atoms with E-state index in [1.165, 1.54) is 5.56 Å². The van der Waals surface area contributed by atoms with Crippen molar-refractivity contribution in [2.45, 2.75) is 18.8 Å². The smallest absolute Gasteiger partial charge is 0.222 e. The minimum absolute atomic E-state index is 0.315. The number of nitrogen functional groups attached to an aromatic ring is 1. The van der Waals surface area contributed by atoms with Gasteiger partial charge < -0.3 is 15.2 Å².